The molecule has 0 fully saturated rings. The highest BCUT2D eigenvalue weighted by molar-refractivity contribution is 7.15. The number of fused-ring (bicyclic) bond motifs is 2. The van der Waals surface area contributed by atoms with E-state index in [9.17, 15) is 4.79 Å². The average molecular weight is 300 g/mol. The maximum atomic E-state index is 12.6. The summed E-state index contributed by atoms with van der Waals surface area (Å²) in [6, 6.07) is 3.58. The van der Waals surface area contributed by atoms with Crippen LogP contribution in [0, 0.1) is 0 Å². The van der Waals surface area contributed by atoms with Gasteiger partial charge in [-0.3, -0.25) is 9.89 Å². The van der Waals surface area contributed by atoms with E-state index in [4.69, 9.17) is 5.73 Å². The number of nitrogens with zero attached hydrogens (tertiary/aromatic N) is 4. The molecule has 1 amide bonds. The highest BCUT2D eigenvalue weighted by atomic mass is 32.1. The Hall–Kier alpha value is -2.48. The number of hydrogen-bond acceptors (Lipinski definition) is 6. The maximum Gasteiger partial charge on any atom is 0.272 e. The number of carbonyl (C=O) groups is 1. The van der Waals surface area contributed by atoms with Crippen LogP contribution < -0.4 is 5.73 Å². The normalized spacial score (nSPS) is 14.4. The molecule has 0 atom stereocenters. The molecule has 3 aromatic heterocycles. The molecule has 3 aromatic rings. The van der Waals surface area contributed by atoms with Gasteiger partial charge >= 0.3 is 0 Å². The Balaban J connectivity index is 1.62. The number of nitrogen functional groups attached to an aromatic ring is 1. The van der Waals surface area contributed by atoms with Gasteiger partial charge in [-0.25, -0.2) is 9.97 Å². The number of nitrogens with one attached hydrogen (secondary N) is 1. The molecule has 7 nitrogen and oxygen atoms in total. The number of rotatable bonds is 1. The Labute approximate surface area is 123 Å². The van der Waals surface area contributed by atoms with Gasteiger partial charge in [0, 0.05) is 23.2 Å². The standard InChI is InChI=1S/C13H12N6OS/c14-13-17-8-3-4-19(6-10(8)21-13)12(20)9-2-1-7-5-15-18-11(7)16-9/h1-2,5H,3-4,6H2,(H2,14,17)(H,15,16,18). The summed E-state index contributed by atoms with van der Waals surface area (Å²) >= 11 is 1.45. The predicted octanol–water partition coefficient (Wildman–Crippen LogP) is 1.20. The summed E-state index contributed by atoms with van der Waals surface area (Å²) in [4.78, 5) is 24.0. The fraction of sp³-hybridized carbons (Fsp3) is 0.231. The van der Waals surface area contributed by atoms with E-state index in [1.165, 1.54) is 11.3 Å². The van der Waals surface area contributed by atoms with Gasteiger partial charge in [-0.15, -0.1) is 11.3 Å². The third kappa shape index (κ3) is 2.04. The minimum atomic E-state index is -0.0795. The second-order valence-electron chi connectivity index (χ2n) is 4.90. The van der Waals surface area contributed by atoms with E-state index >= 15 is 0 Å². The van der Waals surface area contributed by atoms with Crippen molar-refractivity contribution in [3.8, 4) is 0 Å². The van der Waals surface area contributed by atoms with Crippen molar-refractivity contribution in [2.75, 3.05) is 12.3 Å². The largest absolute Gasteiger partial charge is 0.375 e. The van der Waals surface area contributed by atoms with Gasteiger partial charge < -0.3 is 10.6 Å². The van der Waals surface area contributed by atoms with Gasteiger partial charge in [-0.05, 0) is 12.1 Å². The first-order valence-corrected chi connectivity index (χ1v) is 7.36. The summed E-state index contributed by atoms with van der Waals surface area (Å²) in [7, 11) is 0. The number of thiazole rings is 1. The van der Waals surface area contributed by atoms with Crippen LogP contribution in [0.25, 0.3) is 11.0 Å². The van der Waals surface area contributed by atoms with Gasteiger partial charge in [0.1, 0.15) is 5.69 Å². The van der Waals surface area contributed by atoms with Crippen molar-refractivity contribution in [3.63, 3.8) is 0 Å². The number of nitrogens with two attached hydrogens (primary N) is 1. The third-order valence-electron chi connectivity index (χ3n) is 3.55. The number of aromatic amines is 1. The van der Waals surface area contributed by atoms with Crippen molar-refractivity contribution < 1.29 is 4.79 Å². The fourth-order valence-corrected chi connectivity index (χ4v) is 3.39. The lowest BCUT2D eigenvalue weighted by molar-refractivity contribution is 0.0730. The van der Waals surface area contributed by atoms with Gasteiger partial charge in [-0.2, -0.15) is 5.10 Å². The van der Waals surface area contributed by atoms with Crippen molar-refractivity contribution in [2.45, 2.75) is 13.0 Å². The quantitative estimate of drug-likeness (QED) is 0.703. The van der Waals surface area contributed by atoms with Crippen LogP contribution in [0.2, 0.25) is 0 Å². The maximum absolute atomic E-state index is 12.6. The molecule has 106 valence electrons. The number of aromatic nitrogens is 4. The number of carbonyl (C=O) groups excluding carboxylic acids is 1. The van der Waals surface area contributed by atoms with Crippen LogP contribution in [0.5, 0.6) is 0 Å². The first-order valence-electron chi connectivity index (χ1n) is 6.54. The monoisotopic (exact) mass is 300 g/mol. The van der Waals surface area contributed by atoms with Gasteiger partial charge in [0.25, 0.3) is 5.91 Å². The van der Waals surface area contributed by atoms with Crippen LogP contribution in [-0.4, -0.2) is 37.5 Å². The van der Waals surface area contributed by atoms with Crippen molar-refractivity contribution in [2.24, 2.45) is 0 Å². The van der Waals surface area contributed by atoms with Crippen LogP contribution in [-0.2, 0) is 13.0 Å². The van der Waals surface area contributed by atoms with E-state index in [-0.39, 0.29) is 5.91 Å². The minimum absolute atomic E-state index is 0.0795. The Morgan fingerprint density at radius 2 is 2.29 bits per heavy atom. The smallest absolute Gasteiger partial charge is 0.272 e. The summed E-state index contributed by atoms with van der Waals surface area (Å²) in [5, 5.41) is 8.15. The third-order valence-corrected chi connectivity index (χ3v) is 4.47. The summed E-state index contributed by atoms with van der Waals surface area (Å²) in [6.07, 6.45) is 2.42. The summed E-state index contributed by atoms with van der Waals surface area (Å²) in [6.45, 7) is 1.18. The van der Waals surface area contributed by atoms with Crippen molar-refractivity contribution >= 4 is 33.4 Å². The Morgan fingerprint density at radius 3 is 3.19 bits per heavy atom. The second kappa shape index (κ2) is 4.52. The Morgan fingerprint density at radius 1 is 1.38 bits per heavy atom. The number of pyridine rings is 1. The first-order chi connectivity index (χ1) is 10.2. The molecule has 8 heteroatoms. The molecule has 3 N–H and O–H groups in total. The molecular weight excluding hydrogens is 288 g/mol. The topological polar surface area (TPSA) is 101 Å². The molecule has 0 bridgehead atoms. The average Bonchev–Trinajstić information content (AvgIpc) is 3.09. The van der Waals surface area contributed by atoms with Gasteiger partial charge in [0.2, 0.25) is 0 Å². The Kier molecular flexibility index (Phi) is 2.64. The molecule has 0 saturated heterocycles. The van der Waals surface area contributed by atoms with Crippen LogP contribution in [0.15, 0.2) is 18.3 Å². The fourth-order valence-electron chi connectivity index (χ4n) is 2.50. The molecule has 4 rings (SSSR count). The van der Waals surface area contributed by atoms with Crippen LogP contribution in [0.3, 0.4) is 0 Å². The molecule has 0 radical (unpaired) electrons. The molecule has 1 aliphatic rings. The molecule has 0 aromatic carbocycles. The van der Waals surface area contributed by atoms with E-state index in [0.717, 1.165) is 22.4 Å². The number of anilines is 1. The highest BCUT2D eigenvalue weighted by Crippen LogP contribution is 2.27. The van der Waals surface area contributed by atoms with E-state index < -0.39 is 0 Å². The van der Waals surface area contributed by atoms with E-state index in [0.29, 0.717) is 29.6 Å². The molecule has 21 heavy (non-hydrogen) atoms. The van der Waals surface area contributed by atoms with Crippen LogP contribution >= 0.6 is 11.3 Å². The van der Waals surface area contributed by atoms with Gasteiger partial charge in [0.15, 0.2) is 10.8 Å². The number of amides is 1. The minimum Gasteiger partial charge on any atom is -0.375 e. The lowest BCUT2D eigenvalue weighted by Crippen LogP contribution is -2.35. The van der Waals surface area contributed by atoms with Crippen molar-refractivity contribution in [1.82, 2.24) is 25.1 Å². The van der Waals surface area contributed by atoms with E-state index in [1.807, 2.05) is 6.07 Å². The lowest BCUT2D eigenvalue weighted by Gasteiger charge is -2.25. The molecule has 0 spiro atoms. The lowest BCUT2D eigenvalue weighted by atomic mass is 10.1. The van der Waals surface area contributed by atoms with Gasteiger partial charge in [-0.1, -0.05) is 0 Å². The van der Waals surface area contributed by atoms with Crippen molar-refractivity contribution in [3.05, 3.63) is 34.6 Å². The zero-order chi connectivity index (χ0) is 14.4. The summed E-state index contributed by atoms with van der Waals surface area (Å²) in [5.74, 6) is -0.0795. The molecule has 0 aliphatic carbocycles. The molecule has 4 heterocycles. The zero-order valence-corrected chi connectivity index (χ0v) is 11.9. The van der Waals surface area contributed by atoms with Crippen molar-refractivity contribution in [1.29, 1.82) is 0 Å². The summed E-state index contributed by atoms with van der Waals surface area (Å²) in [5.41, 5.74) is 7.78. The van der Waals surface area contributed by atoms with Crippen LogP contribution in [0.1, 0.15) is 21.1 Å². The SMILES string of the molecule is Nc1nc2c(s1)CN(C(=O)c1ccc3cn[nH]c3n1)CC2. The number of hydrogen-bond donors (Lipinski definition) is 2. The first kappa shape index (κ1) is 12.3. The summed E-state index contributed by atoms with van der Waals surface area (Å²) < 4.78 is 0. The van der Waals surface area contributed by atoms with E-state index in [2.05, 4.69) is 20.2 Å². The number of H-pyrrole nitrogens is 1. The Bertz CT molecular complexity index is 838. The van der Waals surface area contributed by atoms with E-state index in [1.54, 1.807) is 17.2 Å². The van der Waals surface area contributed by atoms with Crippen LogP contribution in [0.4, 0.5) is 5.13 Å². The van der Waals surface area contributed by atoms with Gasteiger partial charge in [0.05, 0.1) is 18.4 Å². The second-order valence-corrected chi connectivity index (χ2v) is 6.02. The zero-order valence-electron chi connectivity index (χ0n) is 11.0. The molecule has 0 unspecified atom stereocenters. The highest BCUT2D eigenvalue weighted by Gasteiger charge is 2.25. The molecule has 0 saturated carbocycles. The predicted molar refractivity (Wildman–Crippen MR) is 78.9 cm³/mol. The molecule has 1 aliphatic heterocycles. The molecular formula is C13H12N6OS.